The SMILES string of the molecule is CCCCCCC/C=C\C/C=C\CCCCCCCCCCCCCCCCCCCCCCCCCCCCCCCC(=O)OC(COC(=O)CCCCCCCCCCCCCCCCCCCCCCCCCCCCCCCCC)COC(OCC[N+](C)(C)C)C(=O)[O-]. The molecule has 9 heteroatoms. The summed E-state index contributed by atoms with van der Waals surface area (Å²) >= 11 is 0. The first-order valence-corrected chi connectivity index (χ1v) is 43.5. The number of unbranched alkanes of at least 4 members (excludes halogenated alkanes) is 64. The maximum Gasteiger partial charge on any atom is 0.306 e. The van der Waals surface area contributed by atoms with Crippen molar-refractivity contribution in [2.75, 3.05) is 47.5 Å². The molecular weight excluding hydrogens is 1200 g/mol. The van der Waals surface area contributed by atoms with Gasteiger partial charge in [-0.2, -0.15) is 0 Å². The Balaban J connectivity index is 3.89. The maximum atomic E-state index is 13.0. The van der Waals surface area contributed by atoms with Gasteiger partial charge < -0.3 is 33.3 Å². The van der Waals surface area contributed by atoms with Gasteiger partial charge in [-0.15, -0.1) is 0 Å². The summed E-state index contributed by atoms with van der Waals surface area (Å²) in [4.78, 5) is 37.6. The van der Waals surface area contributed by atoms with Crippen molar-refractivity contribution in [3.63, 3.8) is 0 Å². The fraction of sp³-hybridized carbons (Fsp3) is 0.920. The van der Waals surface area contributed by atoms with E-state index in [1.54, 1.807) is 0 Å². The number of allylic oxidation sites excluding steroid dienone is 4. The molecule has 97 heavy (non-hydrogen) atoms. The van der Waals surface area contributed by atoms with Crippen LogP contribution in [0.2, 0.25) is 0 Å². The van der Waals surface area contributed by atoms with E-state index in [4.69, 9.17) is 18.9 Å². The van der Waals surface area contributed by atoms with Crippen molar-refractivity contribution in [3.05, 3.63) is 24.3 Å². The molecule has 0 aromatic carbocycles. The van der Waals surface area contributed by atoms with Gasteiger partial charge in [-0.05, 0) is 44.9 Å². The first-order valence-electron chi connectivity index (χ1n) is 43.5. The average molecular weight is 1370 g/mol. The number of likely N-dealkylation sites (N-methyl/N-ethyl adjacent to an activating group) is 1. The van der Waals surface area contributed by atoms with E-state index in [0.29, 0.717) is 17.4 Å². The number of carboxylic acid groups (broad SMARTS) is 1. The number of quaternary nitrogens is 1. The van der Waals surface area contributed by atoms with Gasteiger partial charge in [0.15, 0.2) is 12.4 Å². The van der Waals surface area contributed by atoms with Crippen LogP contribution < -0.4 is 5.11 Å². The van der Waals surface area contributed by atoms with E-state index in [-0.39, 0.29) is 32.2 Å². The van der Waals surface area contributed by atoms with Crippen molar-refractivity contribution in [3.8, 4) is 0 Å². The Labute approximate surface area is 605 Å². The number of rotatable bonds is 83. The normalized spacial score (nSPS) is 12.6. The third kappa shape index (κ3) is 80.9. The minimum Gasteiger partial charge on any atom is -0.545 e. The second-order valence-electron chi connectivity index (χ2n) is 31.2. The molecule has 0 spiro atoms. The Kier molecular flexibility index (Phi) is 77.6. The Morgan fingerprint density at radius 3 is 0.814 bits per heavy atom. The number of carbonyl (C=O) groups is 3. The van der Waals surface area contributed by atoms with Crippen LogP contribution in [0.1, 0.15) is 463 Å². The Morgan fingerprint density at radius 2 is 0.557 bits per heavy atom. The molecule has 0 aliphatic heterocycles. The number of esters is 2. The zero-order valence-electron chi connectivity index (χ0n) is 66.0. The second-order valence-corrected chi connectivity index (χ2v) is 31.2. The van der Waals surface area contributed by atoms with Gasteiger partial charge in [0.1, 0.15) is 13.2 Å². The second kappa shape index (κ2) is 79.5. The Morgan fingerprint density at radius 1 is 0.309 bits per heavy atom. The molecule has 0 aromatic rings. The summed E-state index contributed by atoms with van der Waals surface area (Å²) in [6, 6.07) is 0. The van der Waals surface area contributed by atoms with E-state index in [1.807, 2.05) is 21.1 Å². The smallest absolute Gasteiger partial charge is 0.306 e. The summed E-state index contributed by atoms with van der Waals surface area (Å²) in [6.45, 7) is 4.84. The highest BCUT2D eigenvalue weighted by atomic mass is 16.7. The maximum absolute atomic E-state index is 13.0. The van der Waals surface area contributed by atoms with Crippen molar-refractivity contribution in [1.82, 2.24) is 0 Å². The summed E-state index contributed by atoms with van der Waals surface area (Å²) in [5.41, 5.74) is 0. The van der Waals surface area contributed by atoms with Crippen molar-refractivity contribution in [1.29, 1.82) is 0 Å². The van der Waals surface area contributed by atoms with Crippen LogP contribution in [0.5, 0.6) is 0 Å². The largest absolute Gasteiger partial charge is 0.545 e. The number of aliphatic carboxylic acids is 1. The fourth-order valence-electron chi connectivity index (χ4n) is 13.6. The number of hydrogen-bond acceptors (Lipinski definition) is 8. The third-order valence-electron chi connectivity index (χ3n) is 20.2. The van der Waals surface area contributed by atoms with E-state index < -0.39 is 24.3 Å². The molecule has 0 N–H and O–H groups in total. The van der Waals surface area contributed by atoms with Crippen LogP contribution in [-0.2, 0) is 33.3 Å². The lowest BCUT2D eigenvalue weighted by atomic mass is 10.0. The molecule has 0 fully saturated rings. The molecule has 9 nitrogen and oxygen atoms in total. The predicted octanol–water partition coefficient (Wildman–Crippen LogP) is 26.7. The summed E-state index contributed by atoms with van der Waals surface area (Å²) in [5.74, 6) is -2.24. The highest BCUT2D eigenvalue weighted by Crippen LogP contribution is 2.21. The van der Waals surface area contributed by atoms with Gasteiger partial charge in [0.2, 0.25) is 0 Å². The zero-order chi connectivity index (χ0) is 70.4. The van der Waals surface area contributed by atoms with Gasteiger partial charge in [-0.1, -0.05) is 430 Å². The molecule has 0 aromatic heterocycles. The molecular formula is C88H169NO8. The number of ether oxygens (including phenoxy) is 4. The van der Waals surface area contributed by atoms with Gasteiger partial charge in [0.25, 0.3) is 0 Å². The van der Waals surface area contributed by atoms with Crippen LogP contribution >= 0.6 is 0 Å². The molecule has 0 radical (unpaired) electrons. The lowest BCUT2D eigenvalue weighted by molar-refractivity contribution is -0.870. The summed E-state index contributed by atoms with van der Waals surface area (Å²) in [5, 5.41) is 11.9. The molecule has 0 amide bonds. The van der Waals surface area contributed by atoms with Gasteiger partial charge in [0, 0.05) is 12.8 Å². The van der Waals surface area contributed by atoms with Crippen LogP contribution in [-0.4, -0.2) is 82.3 Å². The first-order chi connectivity index (χ1) is 47.6. The fourth-order valence-corrected chi connectivity index (χ4v) is 13.6. The molecule has 0 saturated carbocycles. The highest BCUT2D eigenvalue weighted by Gasteiger charge is 2.22. The van der Waals surface area contributed by atoms with E-state index in [1.165, 1.54) is 392 Å². The molecule has 0 heterocycles. The minimum absolute atomic E-state index is 0.153. The van der Waals surface area contributed by atoms with Crippen LogP contribution in [0.4, 0.5) is 0 Å². The van der Waals surface area contributed by atoms with E-state index in [9.17, 15) is 19.5 Å². The van der Waals surface area contributed by atoms with Gasteiger partial charge in [-0.25, -0.2) is 0 Å². The molecule has 0 saturated heterocycles. The quantitative estimate of drug-likeness (QED) is 0.0195. The number of hydrogen-bond donors (Lipinski definition) is 0. The lowest BCUT2D eigenvalue weighted by Crippen LogP contribution is -2.44. The van der Waals surface area contributed by atoms with Gasteiger partial charge in [-0.3, -0.25) is 9.59 Å². The minimum atomic E-state index is -1.62. The topological polar surface area (TPSA) is 111 Å². The van der Waals surface area contributed by atoms with Crippen molar-refractivity contribution >= 4 is 17.9 Å². The molecule has 574 valence electrons. The Bertz CT molecular complexity index is 1640. The monoisotopic (exact) mass is 1370 g/mol. The molecule has 0 rings (SSSR count). The third-order valence-corrected chi connectivity index (χ3v) is 20.2. The first kappa shape index (κ1) is 94.8. The number of nitrogens with zero attached hydrogens (tertiary/aromatic N) is 1. The van der Waals surface area contributed by atoms with E-state index in [2.05, 4.69) is 38.2 Å². The average Bonchev–Trinajstić information content (AvgIpc) is 3.27. The van der Waals surface area contributed by atoms with Crippen molar-refractivity contribution < 1.29 is 42.9 Å². The number of carboxylic acids is 1. The number of carbonyl (C=O) groups excluding carboxylic acids is 3. The summed E-state index contributed by atoms with van der Waals surface area (Å²) < 4.78 is 22.9. The van der Waals surface area contributed by atoms with Crippen LogP contribution in [0.15, 0.2) is 24.3 Å². The van der Waals surface area contributed by atoms with Crippen molar-refractivity contribution in [2.24, 2.45) is 0 Å². The Hall–Kier alpha value is -2.23. The van der Waals surface area contributed by atoms with Gasteiger partial charge in [0.05, 0.1) is 40.3 Å². The van der Waals surface area contributed by atoms with E-state index in [0.717, 1.165) is 44.9 Å². The zero-order valence-corrected chi connectivity index (χ0v) is 66.0. The summed E-state index contributed by atoms with van der Waals surface area (Å²) in [7, 11) is 5.96. The highest BCUT2D eigenvalue weighted by molar-refractivity contribution is 5.70. The molecule has 0 bridgehead atoms. The van der Waals surface area contributed by atoms with Crippen LogP contribution in [0.3, 0.4) is 0 Å². The standard InChI is InChI=1S/C88H169NO8/c1-6-8-10-12-14-16-18-20-22-24-26-28-30-32-34-36-38-39-40-41-42-43-44-45-46-47-49-51-53-55-57-59-61-63-65-67-69-71-73-75-77-79-86(91)97-84(83-96-88(87(92)93)94-81-80-89(3,4)5)82-95-85(90)78-76-74-72-70-68-66-64-62-60-58-56-54-52-50-48-37-35-33-31-29-27-25-23-21-19-17-15-13-11-9-7-2/h18,20,24,26,84,88H,6-17,19,21-23,25,27-83H2,1-5H3/b20-18-,26-24-. The predicted molar refractivity (Wildman–Crippen MR) is 417 cm³/mol. The van der Waals surface area contributed by atoms with Crippen LogP contribution in [0.25, 0.3) is 0 Å². The molecule has 2 atom stereocenters. The molecule has 0 aliphatic carbocycles. The van der Waals surface area contributed by atoms with Crippen molar-refractivity contribution in [2.45, 2.75) is 476 Å². The lowest BCUT2D eigenvalue weighted by Gasteiger charge is -2.26. The molecule has 0 aliphatic rings. The molecule has 2 unspecified atom stereocenters. The van der Waals surface area contributed by atoms with Gasteiger partial charge >= 0.3 is 11.9 Å². The van der Waals surface area contributed by atoms with E-state index >= 15 is 0 Å². The van der Waals surface area contributed by atoms with Crippen LogP contribution in [0, 0.1) is 0 Å². The summed E-state index contributed by atoms with van der Waals surface area (Å²) in [6.07, 6.45) is 99.2.